The molecule has 1 rings (SSSR count). The van der Waals surface area contributed by atoms with Crippen LogP contribution in [0.4, 0.5) is 0 Å². The largest absolute Gasteiger partial charge is 0.481 e. The van der Waals surface area contributed by atoms with E-state index in [9.17, 15) is 4.79 Å². The van der Waals surface area contributed by atoms with E-state index >= 15 is 0 Å². The molecular formula is C10H18N4O2. The second kappa shape index (κ2) is 5.58. The lowest BCUT2D eigenvalue weighted by Crippen LogP contribution is -2.16. The highest BCUT2D eigenvalue weighted by Gasteiger charge is 2.20. The first-order valence-corrected chi connectivity index (χ1v) is 5.59. The number of aliphatic carboxylic acids is 1. The lowest BCUT2D eigenvalue weighted by atomic mass is 10.0. The maximum Gasteiger partial charge on any atom is 0.305 e. The van der Waals surface area contributed by atoms with Crippen LogP contribution in [-0.2, 0) is 4.79 Å². The molecule has 0 aliphatic rings. The summed E-state index contributed by atoms with van der Waals surface area (Å²) >= 11 is 0. The zero-order valence-corrected chi connectivity index (χ0v) is 9.92. The average Bonchev–Trinajstić information content (AvgIpc) is 2.67. The van der Waals surface area contributed by atoms with E-state index in [0.717, 1.165) is 18.7 Å². The molecule has 6 nitrogen and oxygen atoms in total. The minimum absolute atomic E-state index is 0.0399. The Balaban J connectivity index is 2.88. The first-order chi connectivity index (χ1) is 7.60. The molecule has 16 heavy (non-hydrogen) atoms. The molecule has 0 bridgehead atoms. The van der Waals surface area contributed by atoms with Gasteiger partial charge in [0, 0.05) is 5.92 Å². The molecule has 0 aliphatic carbocycles. The fraction of sp³-hybridized carbons (Fsp3) is 0.800. The van der Waals surface area contributed by atoms with Crippen molar-refractivity contribution in [3.05, 3.63) is 5.82 Å². The molecule has 0 amide bonds. The van der Waals surface area contributed by atoms with Gasteiger partial charge in [-0.3, -0.25) is 4.79 Å². The molecule has 0 radical (unpaired) electrons. The minimum Gasteiger partial charge on any atom is -0.481 e. The van der Waals surface area contributed by atoms with Crippen LogP contribution in [-0.4, -0.2) is 31.3 Å². The van der Waals surface area contributed by atoms with Crippen molar-refractivity contribution >= 4 is 5.97 Å². The maximum atomic E-state index is 10.6. The fourth-order valence-corrected chi connectivity index (χ4v) is 1.78. The van der Waals surface area contributed by atoms with Crippen molar-refractivity contribution in [3.63, 3.8) is 0 Å². The molecule has 0 saturated carbocycles. The van der Waals surface area contributed by atoms with E-state index in [1.54, 1.807) is 4.68 Å². The summed E-state index contributed by atoms with van der Waals surface area (Å²) in [4.78, 5) is 10.6. The van der Waals surface area contributed by atoms with Crippen molar-refractivity contribution in [2.75, 3.05) is 0 Å². The first kappa shape index (κ1) is 12.6. The van der Waals surface area contributed by atoms with Crippen LogP contribution in [0.1, 0.15) is 57.8 Å². The Bertz CT molecular complexity index is 346. The van der Waals surface area contributed by atoms with Gasteiger partial charge in [-0.2, -0.15) is 0 Å². The highest BCUT2D eigenvalue weighted by Crippen LogP contribution is 2.23. The van der Waals surface area contributed by atoms with Gasteiger partial charge in [-0.25, -0.2) is 4.68 Å². The van der Waals surface area contributed by atoms with Gasteiger partial charge < -0.3 is 5.11 Å². The molecule has 1 N–H and O–H groups in total. The summed E-state index contributed by atoms with van der Waals surface area (Å²) in [6.45, 7) is 5.97. The third kappa shape index (κ3) is 2.77. The van der Waals surface area contributed by atoms with Crippen LogP contribution < -0.4 is 0 Å². The monoisotopic (exact) mass is 226 g/mol. The summed E-state index contributed by atoms with van der Waals surface area (Å²) in [5, 5.41) is 20.3. The lowest BCUT2D eigenvalue weighted by Gasteiger charge is -2.15. The van der Waals surface area contributed by atoms with E-state index in [1.165, 1.54) is 0 Å². The second-order valence-electron chi connectivity index (χ2n) is 3.94. The highest BCUT2D eigenvalue weighted by molar-refractivity contribution is 5.67. The van der Waals surface area contributed by atoms with Crippen LogP contribution in [0.15, 0.2) is 0 Å². The van der Waals surface area contributed by atoms with Gasteiger partial charge in [0.25, 0.3) is 0 Å². The Hall–Kier alpha value is -1.46. The van der Waals surface area contributed by atoms with Gasteiger partial charge in [-0.15, -0.1) is 5.10 Å². The molecule has 1 atom stereocenters. The molecule has 1 aromatic rings. The summed E-state index contributed by atoms with van der Waals surface area (Å²) in [6.07, 6.45) is 1.95. The Morgan fingerprint density at radius 2 is 2.06 bits per heavy atom. The van der Waals surface area contributed by atoms with E-state index in [1.807, 2.05) is 6.92 Å². The molecule has 1 heterocycles. The van der Waals surface area contributed by atoms with Crippen LogP contribution >= 0.6 is 0 Å². The third-order valence-electron chi connectivity index (χ3n) is 2.76. The summed E-state index contributed by atoms with van der Waals surface area (Å²) in [5.41, 5.74) is 0. The minimum atomic E-state index is -0.835. The van der Waals surface area contributed by atoms with E-state index < -0.39 is 5.97 Å². The lowest BCUT2D eigenvalue weighted by molar-refractivity contribution is -0.137. The van der Waals surface area contributed by atoms with Crippen LogP contribution in [0.3, 0.4) is 0 Å². The Morgan fingerprint density at radius 1 is 1.44 bits per heavy atom. The summed E-state index contributed by atoms with van der Waals surface area (Å²) in [5.74, 6) is 0.253. The van der Waals surface area contributed by atoms with Crippen molar-refractivity contribution in [2.45, 2.75) is 52.0 Å². The van der Waals surface area contributed by atoms with Crippen molar-refractivity contribution in [3.8, 4) is 0 Å². The second-order valence-corrected chi connectivity index (χ2v) is 3.94. The smallest absolute Gasteiger partial charge is 0.305 e. The third-order valence-corrected chi connectivity index (χ3v) is 2.76. The topological polar surface area (TPSA) is 80.9 Å². The summed E-state index contributed by atoms with van der Waals surface area (Å²) in [7, 11) is 0. The zero-order chi connectivity index (χ0) is 12.1. The summed E-state index contributed by atoms with van der Waals surface area (Å²) < 4.78 is 1.63. The van der Waals surface area contributed by atoms with E-state index in [4.69, 9.17) is 5.11 Å². The van der Waals surface area contributed by atoms with Crippen LogP contribution in [0.5, 0.6) is 0 Å². The van der Waals surface area contributed by atoms with E-state index in [0.29, 0.717) is 5.92 Å². The molecule has 1 unspecified atom stereocenters. The normalized spacial score (nSPS) is 13.0. The fourth-order valence-electron chi connectivity index (χ4n) is 1.78. The van der Waals surface area contributed by atoms with E-state index in [-0.39, 0.29) is 12.5 Å². The zero-order valence-electron chi connectivity index (χ0n) is 9.92. The number of tetrazole rings is 1. The Labute approximate surface area is 94.7 Å². The predicted octanol–water partition coefficient (Wildman–Crippen LogP) is 1.61. The van der Waals surface area contributed by atoms with Gasteiger partial charge >= 0.3 is 5.97 Å². The standard InChI is InChI=1S/C10H18N4O2/c1-4-8(5-2)10-11-12-13-14(10)7(3)6-9(15)16/h7-8H,4-6H2,1-3H3,(H,15,16). The van der Waals surface area contributed by atoms with Crippen LogP contribution in [0.25, 0.3) is 0 Å². The predicted molar refractivity (Wildman–Crippen MR) is 58.1 cm³/mol. The number of aromatic nitrogens is 4. The molecule has 1 aromatic heterocycles. The van der Waals surface area contributed by atoms with Gasteiger partial charge in [0.05, 0.1) is 12.5 Å². The number of carboxylic acids is 1. The average molecular weight is 226 g/mol. The number of hydrogen-bond donors (Lipinski definition) is 1. The molecule has 0 saturated heterocycles. The van der Waals surface area contributed by atoms with Crippen molar-refractivity contribution < 1.29 is 9.90 Å². The highest BCUT2D eigenvalue weighted by atomic mass is 16.4. The molecular weight excluding hydrogens is 208 g/mol. The maximum absolute atomic E-state index is 10.6. The molecule has 0 aliphatic heterocycles. The molecule has 0 spiro atoms. The van der Waals surface area contributed by atoms with Gasteiger partial charge in [-0.1, -0.05) is 13.8 Å². The number of nitrogens with zero attached hydrogens (tertiary/aromatic N) is 4. The van der Waals surface area contributed by atoms with Gasteiger partial charge in [0.1, 0.15) is 0 Å². The van der Waals surface area contributed by atoms with Gasteiger partial charge in [0.15, 0.2) is 5.82 Å². The first-order valence-electron chi connectivity index (χ1n) is 5.59. The van der Waals surface area contributed by atoms with E-state index in [2.05, 4.69) is 29.4 Å². The number of carbonyl (C=O) groups is 1. The SMILES string of the molecule is CCC(CC)c1nnnn1C(C)CC(=O)O. The van der Waals surface area contributed by atoms with Crippen LogP contribution in [0.2, 0.25) is 0 Å². The van der Waals surface area contributed by atoms with Gasteiger partial charge in [0.2, 0.25) is 0 Å². The Kier molecular flexibility index (Phi) is 4.39. The number of carboxylic acid groups (broad SMARTS) is 1. The quantitative estimate of drug-likeness (QED) is 0.797. The van der Waals surface area contributed by atoms with Crippen LogP contribution in [0, 0.1) is 0 Å². The molecule has 0 fully saturated rings. The molecule has 90 valence electrons. The number of rotatable bonds is 6. The van der Waals surface area contributed by atoms with Gasteiger partial charge in [-0.05, 0) is 30.2 Å². The number of hydrogen-bond acceptors (Lipinski definition) is 4. The van der Waals surface area contributed by atoms with Crippen molar-refractivity contribution in [2.24, 2.45) is 0 Å². The summed E-state index contributed by atoms with van der Waals surface area (Å²) in [6, 6.07) is -0.205. The van der Waals surface area contributed by atoms with Crippen molar-refractivity contribution in [1.82, 2.24) is 20.2 Å². The molecule has 6 heteroatoms. The van der Waals surface area contributed by atoms with Crippen molar-refractivity contribution in [1.29, 1.82) is 0 Å². The Morgan fingerprint density at radius 3 is 2.56 bits per heavy atom. The molecule has 0 aromatic carbocycles.